The van der Waals surface area contributed by atoms with Gasteiger partial charge in [-0.15, -0.1) is 0 Å². The molecule has 114 valence electrons. The highest BCUT2D eigenvalue weighted by atomic mass is 16.5. The molecule has 2 rings (SSSR count). The van der Waals surface area contributed by atoms with Crippen LogP contribution in [-0.2, 0) is 4.79 Å². The van der Waals surface area contributed by atoms with Crippen LogP contribution in [0.4, 0.5) is 0 Å². The molecule has 0 unspecified atom stereocenters. The van der Waals surface area contributed by atoms with E-state index in [0.29, 0.717) is 19.1 Å². The first kappa shape index (κ1) is 15.6. The molecular weight excluding hydrogens is 262 g/mol. The van der Waals surface area contributed by atoms with Crippen molar-refractivity contribution in [2.75, 3.05) is 13.2 Å². The monoisotopic (exact) mass is 287 g/mol. The molecule has 21 heavy (non-hydrogen) atoms. The Labute approximate surface area is 127 Å². The molecule has 0 radical (unpaired) electrons. The Hall–Kier alpha value is -1.77. The first-order valence-corrected chi connectivity index (χ1v) is 7.53. The number of benzene rings is 1. The van der Waals surface area contributed by atoms with E-state index in [-0.39, 0.29) is 17.2 Å². The van der Waals surface area contributed by atoms with Gasteiger partial charge < -0.3 is 10.1 Å². The third kappa shape index (κ3) is 3.87. The molecule has 3 heteroatoms. The standard InChI is InChI=1S/C18H25NO2/c1-13(2)12-15-16(18(15,3)4)17(20)19-10-11-21-14-8-6-5-7-9-14/h5-9,12,15-16H,10-11H2,1-4H3,(H,19,20)/t15-,16+/m1/s1. The van der Waals surface area contributed by atoms with Crippen molar-refractivity contribution in [1.29, 1.82) is 0 Å². The molecule has 0 aromatic heterocycles. The summed E-state index contributed by atoms with van der Waals surface area (Å²) in [5.41, 5.74) is 1.34. The van der Waals surface area contributed by atoms with Gasteiger partial charge >= 0.3 is 0 Å². The van der Waals surface area contributed by atoms with Gasteiger partial charge in [0.15, 0.2) is 0 Å². The average Bonchev–Trinajstić information content (AvgIpc) is 2.96. The van der Waals surface area contributed by atoms with E-state index in [9.17, 15) is 4.79 Å². The van der Waals surface area contributed by atoms with E-state index < -0.39 is 0 Å². The van der Waals surface area contributed by atoms with Gasteiger partial charge in [-0.3, -0.25) is 4.79 Å². The van der Waals surface area contributed by atoms with Crippen LogP contribution in [0.5, 0.6) is 5.75 Å². The fourth-order valence-electron chi connectivity index (χ4n) is 2.82. The Bertz CT molecular complexity index is 515. The lowest BCUT2D eigenvalue weighted by molar-refractivity contribution is -0.123. The largest absolute Gasteiger partial charge is 0.492 e. The molecule has 0 spiro atoms. The minimum Gasteiger partial charge on any atom is -0.492 e. The average molecular weight is 287 g/mol. The maximum absolute atomic E-state index is 12.2. The van der Waals surface area contributed by atoms with Gasteiger partial charge in [-0.1, -0.05) is 43.7 Å². The van der Waals surface area contributed by atoms with Gasteiger partial charge in [0.05, 0.1) is 12.5 Å². The topological polar surface area (TPSA) is 38.3 Å². The lowest BCUT2D eigenvalue weighted by atomic mass is 10.1. The van der Waals surface area contributed by atoms with Gasteiger partial charge in [0, 0.05) is 0 Å². The Morgan fingerprint density at radius 3 is 2.57 bits per heavy atom. The van der Waals surface area contributed by atoms with Crippen LogP contribution in [-0.4, -0.2) is 19.1 Å². The summed E-state index contributed by atoms with van der Waals surface area (Å²) in [6.45, 7) is 9.51. The molecule has 0 bridgehead atoms. The number of hydrogen-bond donors (Lipinski definition) is 1. The van der Waals surface area contributed by atoms with Crippen LogP contribution in [0, 0.1) is 17.3 Å². The molecule has 0 heterocycles. The molecule has 1 aromatic rings. The normalized spacial score (nSPS) is 22.3. The molecule has 3 nitrogen and oxygen atoms in total. The smallest absolute Gasteiger partial charge is 0.224 e. The first-order chi connectivity index (χ1) is 9.93. The van der Waals surface area contributed by atoms with E-state index in [2.05, 4.69) is 39.1 Å². The number of para-hydroxylation sites is 1. The second-order valence-corrected chi connectivity index (χ2v) is 6.52. The molecule has 0 saturated heterocycles. The number of rotatable bonds is 6. The van der Waals surface area contributed by atoms with Crippen LogP contribution in [0.25, 0.3) is 0 Å². The van der Waals surface area contributed by atoms with Crippen LogP contribution in [0.3, 0.4) is 0 Å². The predicted molar refractivity (Wildman–Crippen MR) is 85.1 cm³/mol. The molecule has 1 N–H and O–H groups in total. The summed E-state index contributed by atoms with van der Waals surface area (Å²) in [5.74, 6) is 1.42. The minimum atomic E-state index is 0.0711. The quantitative estimate of drug-likeness (QED) is 0.643. The number of hydrogen-bond acceptors (Lipinski definition) is 2. The molecule has 2 atom stereocenters. The fourth-order valence-corrected chi connectivity index (χ4v) is 2.82. The zero-order valence-corrected chi connectivity index (χ0v) is 13.3. The Morgan fingerprint density at radius 1 is 1.29 bits per heavy atom. The second-order valence-electron chi connectivity index (χ2n) is 6.52. The number of allylic oxidation sites excluding steroid dienone is 2. The van der Waals surface area contributed by atoms with Gasteiger partial charge in [-0.05, 0) is 37.3 Å². The van der Waals surface area contributed by atoms with Gasteiger partial charge in [-0.25, -0.2) is 0 Å². The van der Waals surface area contributed by atoms with Crippen molar-refractivity contribution < 1.29 is 9.53 Å². The van der Waals surface area contributed by atoms with Crippen LogP contribution in [0.15, 0.2) is 42.0 Å². The Kier molecular flexibility index (Phi) is 4.71. The van der Waals surface area contributed by atoms with Crippen LogP contribution < -0.4 is 10.1 Å². The van der Waals surface area contributed by atoms with Gasteiger partial charge in [-0.2, -0.15) is 0 Å². The zero-order valence-electron chi connectivity index (χ0n) is 13.3. The number of amides is 1. The zero-order chi connectivity index (χ0) is 15.5. The second kappa shape index (κ2) is 6.33. The molecule has 1 aliphatic carbocycles. The van der Waals surface area contributed by atoms with Crippen molar-refractivity contribution in [2.45, 2.75) is 27.7 Å². The highest BCUT2D eigenvalue weighted by Crippen LogP contribution is 2.59. The molecule has 1 fully saturated rings. The van der Waals surface area contributed by atoms with Crippen molar-refractivity contribution in [2.24, 2.45) is 17.3 Å². The van der Waals surface area contributed by atoms with Crippen molar-refractivity contribution in [3.05, 3.63) is 42.0 Å². The Balaban J connectivity index is 1.74. The molecule has 1 aromatic carbocycles. The molecule has 1 saturated carbocycles. The lowest BCUT2D eigenvalue weighted by Gasteiger charge is -2.08. The maximum Gasteiger partial charge on any atom is 0.224 e. The van der Waals surface area contributed by atoms with E-state index in [0.717, 1.165) is 5.75 Å². The minimum absolute atomic E-state index is 0.0711. The molecule has 0 aliphatic heterocycles. The van der Waals surface area contributed by atoms with Crippen molar-refractivity contribution in [1.82, 2.24) is 5.32 Å². The predicted octanol–water partition coefficient (Wildman–Crippen LogP) is 3.42. The summed E-state index contributed by atoms with van der Waals surface area (Å²) in [5, 5.41) is 2.98. The SMILES string of the molecule is CC(C)=C[C@@H]1[C@@H](C(=O)NCCOc2ccccc2)C1(C)C. The van der Waals surface area contributed by atoms with Gasteiger partial charge in [0.2, 0.25) is 5.91 Å². The van der Waals surface area contributed by atoms with E-state index in [1.165, 1.54) is 5.57 Å². The molecule has 1 amide bonds. The van der Waals surface area contributed by atoms with Crippen LogP contribution in [0.2, 0.25) is 0 Å². The number of nitrogens with one attached hydrogen (secondary N) is 1. The summed E-state index contributed by atoms with van der Waals surface area (Å²) in [6.07, 6.45) is 2.21. The lowest BCUT2D eigenvalue weighted by Crippen LogP contribution is -2.30. The third-order valence-corrected chi connectivity index (χ3v) is 4.12. The summed E-state index contributed by atoms with van der Waals surface area (Å²) in [6, 6.07) is 9.65. The van der Waals surface area contributed by atoms with Crippen molar-refractivity contribution in [3.8, 4) is 5.75 Å². The maximum atomic E-state index is 12.2. The van der Waals surface area contributed by atoms with Crippen LogP contribution in [0.1, 0.15) is 27.7 Å². The molecular formula is C18H25NO2. The third-order valence-electron chi connectivity index (χ3n) is 4.12. The van der Waals surface area contributed by atoms with Crippen LogP contribution >= 0.6 is 0 Å². The summed E-state index contributed by atoms with van der Waals surface area (Å²) < 4.78 is 5.57. The number of carbonyl (C=O) groups excluding carboxylic acids is 1. The highest BCUT2D eigenvalue weighted by Gasteiger charge is 2.60. The fraction of sp³-hybridized carbons (Fsp3) is 0.500. The Morgan fingerprint density at radius 2 is 1.95 bits per heavy atom. The van der Waals surface area contributed by atoms with E-state index >= 15 is 0 Å². The van der Waals surface area contributed by atoms with Gasteiger partial charge in [0.25, 0.3) is 0 Å². The first-order valence-electron chi connectivity index (χ1n) is 7.53. The summed E-state index contributed by atoms with van der Waals surface area (Å²) >= 11 is 0. The molecule has 1 aliphatic rings. The van der Waals surface area contributed by atoms with E-state index in [4.69, 9.17) is 4.74 Å². The highest BCUT2D eigenvalue weighted by molar-refractivity contribution is 5.83. The van der Waals surface area contributed by atoms with E-state index in [1.807, 2.05) is 30.3 Å². The number of ether oxygens (including phenoxy) is 1. The van der Waals surface area contributed by atoms with Gasteiger partial charge in [0.1, 0.15) is 12.4 Å². The summed E-state index contributed by atoms with van der Waals surface area (Å²) in [7, 11) is 0. The van der Waals surface area contributed by atoms with Crippen molar-refractivity contribution >= 4 is 5.91 Å². The van der Waals surface area contributed by atoms with E-state index in [1.54, 1.807) is 0 Å². The number of carbonyl (C=O) groups is 1. The van der Waals surface area contributed by atoms with Crippen molar-refractivity contribution in [3.63, 3.8) is 0 Å². The summed E-state index contributed by atoms with van der Waals surface area (Å²) in [4.78, 5) is 12.2.